The molecule has 7 nitrogen and oxygen atoms in total. The van der Waals surface area contributed by atoms with Crippen molar-refractivity contribution in [3.8, 4) is 0 Å². The minimum atomic E-state index is -4.13. The van der Waals surface area contributed by atoms with Crippen LogP contribution in [0.4, 0.5) is 17.1 Å². The Morgan fingerprint density at radius 2 is 1.80 bits per heavy atom. The number of rotatable bonds is 7. The SMILES string of the molecule is Cc1cc(NC(=O)CN(c2cccc(Cl)c2Cl)S(=O)(=O)c2ccccc2)ccc1N1CCCC1=O. The van der Waals surface area contributed by atoms with Crippen molar-refractivity contribution < 1.29 is 18.0 Å². The van der Waals surface area contributed by atoms with E-state index < -0.39 is 22.5 Å². The molecule has 3 aromatic rings. The highest BCUT2D eigenvalue weighted by Gasteiger charge is 2.29. The minimum Gasteiger partial charge on any atom is -0.325 e. The molecule has 10 heteroatoms. The molecule has 0 spiro atoms. The Balaban J connectivity index is 1.61. The third kappa shape index (κ3) is 5.29. The van der Waals surface area contributed by atoms with Crippen molar-refractivity contribution in [3.63, 3.8) is 0 Å². The summed E-state index contributed by atoms with van der Waals surface area (Å²) in [6, 6.07) is 17.6. The van der Waals surface area contributed by atoms with Crippen molar-refractivity contribution >= 4 is 62.1 Å². The summed E-state index contributed by atoms with van der Waals surface area (Å²) in [5.41, 5.74) is 2.20. The fraction of sp³-hybridized carbons (Fsp3) is 0.200. The summed E-state index contributed by atoms with van der Waals surface area (Å²) in [5.74, 6) is -0.491. The number of aryl methyl sites for hydroxylation is 1. The maximum absolute atomic E-state index is 13.5. The highest BCUT2D eigenvalue weighted by atomic mass is 35.5. The lowest BCUT2D eigenvalue weighted by Gasteiger charge is -2.25. The number of sulfonamides is 1. The number of anilines is 3. The lowest BCUT2D eigenvalue weighted by molar-refractivity contribution is -0.117. The van der Waals surface area contributed by atoms with Crippen molar-refractivity contribution in [3.05, 3.63) is 82.3 Å². The number of carbonyl (C=O) groups is 2. The Hall–Kier alpha value is -3.07. The van der Waals surface area contributed by atoms with E-state index in [0.29, 0.717) is 18.7 Å². The first-order chi connectivity index (χ1) is 16.7. The van der Waals surface area contributed by atoms with E-state index in [9.17, 15) is 18.0 Å². The zero-order valence-electron chi connectivity index (χ0n) is 18.9. The normalized spacial score (nSPS) is 13.7. The van der Waals surface area contributed by atoms with Crippen molar-refractivity contribution in [1.82, 2.24) is 0 Å². The Labute approximate surface area is 214 Å². The number of benzene rings is 3. The molecular weight excluding hydrogens is 509 g/mol. The third-order valence-electron chi connectivity index (χ3n) is 5.66. The molecule has 35 heavy (non-hydrogen) atoms. The summed E-state index contributed by atoms with van der Waals surface area (Å²) < 4.78 is 27.9. The summed E-state index contributed by atoms with van der Waals surface area (Å²) in [4.78, 5) is 26.8. The van der Waals surface area contributed by atoms with Gasteiger partial charge in [-0.1, -0.05) is 47.5 Å². The zero-order chi connectivity index (χ0) is 25.2. The second kappa shape index (κ2) is 10.3. The standard InChI is InChI=1S/C25H23Cl2N3O4S/c1-17-15-18(12-13-21(17)29-14-6-11-24(29)32)28-23(31)16-30(22-10-5-9-20(26)25(22)27)35(33,34)19-7-3-2-4-8-19/h2-5,7-10,12-13,15H,6,11,14,16H2,1H3,(H,28,31). The number of nitrogens with one attached hydrogen (secondary N) is 1. The third-order valence-corrected chi connectivity index (χ3v) is 8.25. The molecule has 0 bridgehead atoms. The van der Waals surface area contributed by atoms with Crippen LogP contribution in [0.25, 0.3) is 0 Å². The molecule has 0 saturated carbocycles. The topological polar surface area (TPSA) is 86.8 Å². The fourth-order valence-electron chi connectivity index (χ4n) is 3.97. The lowest BCUT2D eigenvalue weighted by atomic mass is 10.1. The van der Waals surface area contributed by atoms with Gasteiger partial charge in [0, 0.05) is 24.3 Å². The maximum Gasteiger partial charge on any atom is 0.264 e. The van der Waals surface area contributed by atoms with Crippen LogP contribution in [0.2, 0.25) is 10.0 Å². The van der Waals surface area contributed by atoms with E-state index in [0.717, 1.165) is 22.0 Å². The number of nitrogens with zero attached hydrogens (tertiary/aromatic N) is 2. The van der Waals surface area contributed by atoms with Crippen LogP contribution < -0.4 is 14.5 Å². The van der Waals surface area contributed by atoms with Gasteiger partial charge < -0.3 is 10.2 Å². The minimum absolute atomic E-state index is 0.0133. The molecule has 0 aliphatic carbocycles. The van der Waals surface area contributed by atoms with Crippen molar-refractivity contribution in [2.45, 2.75) is 24.7 Å². The van der Waals surface area contributed by atoms with Crippen LogP contribution in [-0.2, 0) is 19.6 Å². The summed E-state index contributed by atoms with van der Waals surface area (Å²) >= 11 is 12.5. The van der Waals surface area contributed by atoms with E-state index in [2.05, 4.69) is 5.32 Å². The van der Waals surface area contributed by atoms with Gasteiger partial charge in [-0.2, -0.15) is 0 Å². The van der Waals surface area contributed by atoms with Crippen LogP contribution >= 0.6 is 23.2 Å². The van der Waals surface area contributed by atoms with Gasteiger partial charge in [0.2, 0.25) is 11.8 Å². The summed E-state index contributed by atoms with van der Waals surface area (Å²) in [6.07, 6.45) is 1.34. The van der Waals surface area contributed by atoms with Gasteiger partial charge in [-0.25, -0.2) is 8.42 Å². The number of carbonyl (C=O) groups excluding carboxylic acids is 2. The smallest absolute Gasteiger partial charge is 0.264 e. The summed E-state index contributed by atoms with van der Waals surface area (Å²) in [6.45, 7) is 2.00. The molecule has 3 aromatic carbocycles. The molecule has 0 unspecified atom stereocenters. The monoisotopic (exact) mass is 531 g/mol. The largest absolute Gasteiger partial charge is 0.325 e. The first-order valence-corrected chi connectivity index (χ1v) is 13.1. The van der Waals surface area contributed by atoms with Gasteiger partial charge in [-0.15, -0.1) is 0 Å². The summed E-state index contributed by atoms with van der Waals surface area (Å²) in [5, 5.41) is 2.94. The van der Waals surface area contributed by atoms with Gasteiger partial charge in [-0.05, 0) is 61.4 Å². The Morgan fingerprint density at radius 1 is 1.06 bits per heavy atom. The van der Waals surface area contributed by atoms with Crippen LogP contribution in [0.3, 0.4) is 0 Å². The molecule has 1 heterocycles. The molecule has 4 rings (SSSR count). The number of hydrogen-bond acceptors (Lipinski definition) is 4. The van der Waals surface area contributed by atoms with E-state index >= 15 is 0 Å². The maximum atomic E-state index is 13.5. The van der Waals surface area contributed by atoms with Crippen molar-refractivity contribution in [1.29, 1.82) is 0 Å². The molecule has 2 amide bonds. The number of halogens is 2. The van der Waals surface area contributed by atoms with E-state index in [-0.39, 0.29) is 26.5 Å². The van der Waals surface area contributed by atoms with Gasteiger partial charge in [0.15, 0.2) is 0 Å². The number of amides is 2. The molecule has 0 radical (unpaired) electrons. The molecule has 0 atom stereocenters. The first kappa shape index (κ1) is 25.0. The Bertz CT molecular complexity index is 1380. The second-order valence-electron chi connectivity index (χ2n) is 8.10. The highest BCUT2D eigenvalue weighted by Crippen LogP contribution is 2.35. The Morgan fingerprint density at radius 3 is 2.46 bits per heavy atom. The molecule has 1 saturated heterocycles. The second-order valence-corrected chi connectivity index (χ2v) is 10.7. The molecule has 0 aromatic heterocycles. The van der Waals surface area contributed by atoms with E-state index in [1.54, 1.807) is 47.4 Å². The van der Waals surface area contributed by atoms with Crippen LogP contribution in [0.15, 0.2) is 71.6 Å². The van der Waals surface area contributed by atoms with Gasteiger partial charge in [0.1, 0.15) is 6.54 Å². The molecule has 1 aliphatic rings. The van der Waals surface area contributed by atoms with Crippen LogP contribution in [0.1, 0.15) is 18.4 Å². The quantitative estimate of drug-likeness (QED) is 0.450. The van der Waals surface area contributed by atoms with Crippen LogP contribution in [0, 0.1) is 6.92 Å². The zero-order valence-corrected chi connectivity index (χ0v) is 21.2. The highest BCUT2D eigenvalue weighted by molar-refractivity contribution is 7.92. The van der Waals surface area contributed by atoms with Crippen LogP contribution in [0.5, 0.6) is 0 Å². The van der Waals surface area contributed by atoms with Gasteiger partial charge in [0.05, 0.1) is 20.6 Å². The van der Waals surface area contributed by atoms with Crippen molar-refractivity contribution in [2.24, 2.45) is 0 Å². The van der Waals surface area contributed by atoms with Gasteiger partial charge in [-0.3, -0.25) is 13.9 Å². The lowest BCUT2D eigenvalue weighted by Crippen LogP contribution is -2.38. The number of hydrogen-bond donors (Lipinski definition) is 1. The predicted molar refractivity (Wildman–Crippen MR) is 139 cm³/mol. The molecule has 1 fully saturated rings. The average Bonchev–Trinajstić information content (AvgIpc) is 3.25. The average molecular weight is 532 g/mol. The summed E-state index contributed by atoms with van der Waals surface area (Å²) in [7, 11) is -4.13. The van der Waals surface area contributed by atoms with E-state index in [1.807, 2.05) is 6.92 Å². The van der Waals surface area contributed by atoms with Gasteiger partial charge in [0.25, 0.3) is 10.0 Å². The molecule has 1 N–H and O–H groups in total. The van der Waals surface area contributed by atoms with E-state index in [4.69, 9.17) is 23.2 Å². The predicted octanol–water partition coefficient (Wildman–Crippen LogP) is 5.26. The molecular formula is C25H23Cl2N3O4S. The van der Waals surface area contributed by atoms with E-state index in [1.165, 1.54) is 24.3 Å². The van der Waals surface area contributed by atoms with Gasteiger partial charge >= 0.3 is 0 Å². The Kier molecular flexibility index (Phi) is 7.35. The van der Waals surface area contributed by atoms with Crippen LogP contribution in [-0.4, -0.2) is 33.3 Å². The fourth-order valence-corrected chi connectivity index (χ4v) is 5.88. The molecule has 182 valence electrons. The van der Waals surface area contributed by atoms with Crippen molar-refractivity contribution in [2.75, 3.05) is 27.6 Å². The first-order valence-electron chi connectivity index (χ1n) is 10.9. The molecule has 1 aliphatic heterocycles.